The van der Waals surface area contributed by atoms with Crippen LogP contribution in [0.15, 0.2) is 18.2 Å². The van der Waals surface area contributed by atoms with Crippen molar-refractivity contribution in [2.45, 2.75) is 5.92 Å². The molecule has 0 saturated heterocycles. The molecule has 1 heterocycles. The van der Waals surface area contributed by atoms with Crippen molar-refractivity contribution in [3.05, 3.63) is 33.9 Å². The Morgan fingerprint density at radius 1 is 1.40 bits per heavy atom. The summed E-state index contributed by atoms with van der Waals surface area (Å²) in [5, 5.41) is 28.4. The number of ether oxygens (including phenoxy) is 3. The average molecular weight is 347 g/mol. The van der Waals surface area contributed by atoms with E-state index in [1.54, 1.807) is 6.07 Å². The van der Waals surface area contributed by atoms with Crippen molar-refractivity contribution in [3.63, 3.8) is 0 Å². The van der Waals surface area contributed by atoms with E-state index in [2.05, 4.69) is 9.47 Å². The minimum atomic E-state index is -1.49. The van der Waals surface area contributed by atoms with Crippen LogP contribution in [0.1, 0.15) is 11.5 Å². The van der Waals surface area contributed by atoms with Crippen LogP contribution in [0, 0.1) is 38.7 Å². The molecule has 0 amide bonds. The van der Waals surface area contributed by atoms with Crippen LogP contribution < -0.4 is 4.74 Å². The highest BCUT2D eigenvalue weighted by Crippen LogP contribution is 2.44. The summed E-state index contributed by atoms with van der Waals surface area (Å²) in [6.45, 7) is 0. The maximum atomic E-state index is 12.1. The molecule has 0 bridgehead atoms. The number of methoxy groups -OCH3 is 2. The van der Waals surface area contributed by atoms with Gasteiger partial charge in [-0.15, -0.1) is 0 Å². The van der Waals surface area contributed by atoms with Crippen LogP contribution >= 0.6 is 0 Å². The molecule has 1 aliphatic rings. The van der Waals surface area contributed by atoms with Crippen LogP contribution in [0.5, 0.6) is 5.75 Å². The SMILES string of the molecule is COC(=O)C(C#N)C1c2cc([N+](=O)[O-])ccc2OC(=N)C1C(=O)OC. The summed E-state index contributed by atoms with van der Waals surface area (Å²) in [6, 6.07) is 5.24. The zero-order chi connectivity index (χ0) is 18.7. The summed E-state index contributed by atoms with van der Waals surface area (Å²) < 4.78 is 14.5. The van der Waals surface area contributed by atoms with E-state index in [1.165, 1.54) is 6.07 Å². The van der Waals surface area contributed by atoms with E-state index in [4.69, 9.17) is 10.1 Å². The Labute approximate surface area is 141 Å². The van der Waals surface area contributed by atoms with E-state index in [-0.39, 0.29) is 17.0 Å². The van der Waals surface area contributed by atoms with Gasteiger partial charge in [-0.1, -0.05) is 0 Å². The first-order chi connectivity index (χ1) is 11.8. The molecule has 2 rings (SSSR count). The predicted molar refractivity (Wildman–Crippen MR) is 80.8 cm³/mol. The molecule has 1 aromatic rings. The fourth-order valence-electron chi connectivity index (χ4n) is 2.69. The smallest absolute Gasteiger partial charge is 0.323 e. The quantitative estimate of drug-likeness (QED) is 0.483. The van der Waals surface area contributed by atoms with E-state index in [0.717, 1.165) is 26.4 Å². The Balaban J connectivity index is 2.70. The highest BCUT2D eigenvalue weighted by atomic mass is 16.6. The van der Waals surface area contributed by atoms with Crippen LogP contribution in [0.2, 0.25) is 0 Å². The zero-order valence-electron chi connectivity index (χ0n) is 13.2. The van der Waals surface area contributed by atoms with Crippen LogP contribution in [-0.2, 0) is 19.1 Å². The fraction of sp³-hybridized carbons (Fsp3) is 0.333. The summed E-state index contributed by atoms with van der Waals surface area (Å²) in [6.07, 6.45) is 0. The molecule has 0 radical (unpaired) electrons. The molecule has 0 saturated carbocycles. The number of rotatable bonds is 4. The third-order valence-electron chi connectivity index (χ3n) is 3.83. The van der Waals surface area contributed by atoms with Crippen molar-refractivity contribution in [2.24, 2.45) is 11.8 Å². The van der Waals surface area contributed by atoms with Gasteiger partial charge < -0.3 is 14.2 Å². The van der Waals surface area contributed by atoms with Gasteiger partial charge in [0.05, 0.1) is 25.2 Å². The highest BCUT2D eigenvalue weighted by molar-refractivity contribution is 6.00. The Hall–Kier alpha value is -3.48. The first kappa shape index (κ1) is 17.9. The number of nitrogens with one attached hydrogen (secondary N) is 1. The molecular formula is C15H13N3O7. The first-order valence-electron chi connectivity index (χ1n) is 6.95. The van der Waals surface area contributed by atoms with Gasteiger partial charge in [0.15, 0.2) is 5.92 Å². The molecule has 10 nitrogen and oxygen atoms in total. The van der Waals surface area contributed by atoms with Gasteiger partial charge in [0, 0.05) is 23.6 Å². The summed E-state index contributed by atoms with van der Waals surface area (Å²) in [5.41, 5.74) is -0.233. The lowest BCUT2D eigenvalue weighted by atomic mass is 9.75. The van der Waals surface area contributed by atoms with Crippen molar-refractivity contribution in [2.75, 3.05) is 14.2 Å². The summed E-state index contributed by atoms with van der Waals surface area (Å²) >= 11 is 0. The van der Waals surface area contributed by atoms with Gasteiger partial charge in [-0.25, -0.2) is 0 Å². The molecule has 3 unspecified atom stereocenters. The van der Waals surface area contributed by atoms with Gasteiger partial charge in [-0.3, -0.25) is 25.1 Å². The number of non-ortho nitro benzene ring substituents is 1. The number of benzene rings is 1. The Kier molecular flexibility index (Phi) is 4.97. The number of esters is 2. The largest absolute Gasteiger partial charge is 0.468 e. The molecular weight excluding hydrogens is 334 g/mol. The molecule has 0 fully saturated rings. The van der Waals surface area contributed by atoms with E-state index in [0.29, 0.717) is 0 Å². The monoisotopic (exact) mass is 347 g/mol. The second-order valence-electron chi connectivity index (χ2n) is 5.10. The van der Waals surface area contributed by atoms with E-state index in [1.807, 2.05) is 0 Å². The second kappa shape index (κ2) is 6.96. The van der Waals surface area contributed by atoms with Gasteiger partial charge in [-0.2, -0.15) is 5.26 Å². The number of hydrogen-bond acceptors (Lipinski definition) is 9. The number of hydrogen-bond donors (Lipinski definition) is 1. The molecule has 0 aliphatic carbocycles. The molecule has 0 aromatic heterocycles. The van der Waals surface area contributed by atoms with Crippen LogP contribution in [0.3, 0.4) is 0 Å². The maximum absolute atomic E-state index is 12.1. The van der Waals surface area contributed by atoms with Crippen molar-refractivity contribution in [3.8, 4) is 11.8 Å². The maximum Gasteiger partial charge on any atom is 0.323 e. The molecule has 1 N–H and O–H groups in total. The fourth-order valence-corrected chi connectivity index (χ4v) is 2.69. The molecule has 130 valence electrons. The summed E-state index contributed by atoms with van der Waals surface area (Å²) in [4.78, 5) is 34.5. The van der Waals surface area contributed by atoms with Gasteiger partial charge in [0.25, 0.3) is 5.69 Å². The third kappa shape index (κ3) is 3.12. The minimum absolute atomic E-state index is 0.0462. The standard InChI is InChI=1S/C15H13N3O7/c1-23-14(19)9(6-16)11-8-5-7(18(21)22)3-4-10(8)25-13(17)12(11)15(20)24-2/h3-5,9,11-12,17H,1-2H3. The lowest BCUT2D eigenvalue weighted by molar-refractivity contribution is -0.385. The zero-order valence-corrected chi connectivity index (χ0v) is 13.2. The van der Waals surface area contributed by atoms with E-state index in [9.17, 15) is 25.0 Å². The van der Waals surface area contributed by atoms with E-state index < -0.39 is 40.5 Å². The molecule has 3 atom stereocenters. The lowest BCUT2D eigenvalue weighted by Crippen LogP contribution is -2.42. The van der Waals surface area contributed by atoms with Crippen LogP contribution in [0.4, 0.5) is 5.69 Å². The topological polar surface area (TPSA) is 153 Å². The Morgan fingerprint density at radius 3 is 2.60 bits per heavy atom. The van der Waals surface area contributed by atoms with Crippen molar-refractivity contribution < 1.29 is 28.7 Å². The number of nitrogens with zero attached hydrogens (tertiary/aromatic N) is 2. The van der Waals surface area contributed by atoms with E-state index >= 15 is 0 Å². The normalized spacial score (nSPS) is 19.6. The highest BCUT2D eigenvalue weighted by Gasteiger charge is 2.48. The average Bonchev–Trinajstić information content (AvgIpc) is 2.60. The summed E-state index contributed by atoms with van der Waals surface area (Å²) in [5.74, 6) is -6.44. The van der Waals surface area contributed by atoms with Gasteiger partial charge in [0.2, 0.25) is 5.90 Å². The lowest BCUT2D eigenvalue weighted by Gasteiger charge is -2.33. The molecule has 0 spiro atoms. The Morgan fingerprint density at radius 2 is 2.08 bits per heavy atom. The van der Waals surface area contributed by atoms with Gasteiger partial charge in [-0.05, 0) is 6.07 Å². The van der Waals surface area contributed by atoms with Crippen molar-refractivity contribution in [1.82, 2.24) is 0 Å². The third-order valence-corrected chi connectivity index (χ3v) is 3.83. The number of nitriles is 1. The number of nitro groups is 1. The molecule has 1 aromatic carbocycles. The number of fused-ring (bicyclic) bond motifs is 1. The number of carbonyl (C=O) groups excluding carboxylic acids is 2. The van der Waals surface area contributed by atoms with Gasteiger partial charge in [0.1, 0.15) is 11.7 Å². The van der Waals surface area contributed by atoms with Crippen molar-refractivity contribution >= 4 is 23.5 Å². The Bertz CT molecular complexity index is 799. The summed E-state index contributed by atoms with van der Waals surface area (Å²) in [7, 11) is 2.15. The second-order valence-corrected chi connectivity index (χ2v) is 5.10. The first-order valence-corrected chi connectivity index (χ1v) is 6.95. The molecule has 1 aliphatic heterocycles. The van der Waals surface area contributed by atoms with Crippen LogP contribution in [-0.4, -0.2) is 37.0 Å². The molecule has 25 heavy (non-hydrogen) atoms. The predicted octanol–water partition coefficient (Wildman–Crippen LogP) is 1.15. The van der Waals surface area contributed by atoms with Gasteiger partial charge >= 0.3 is 11.9 Å². The van der Waals surface area contributed by atoms with Crippen LogP contribution in [0.25, 0.3) is 0 Å². The number of carbonyl (C=O) groups is 2. The number of nitro benzene ring substituents is 1. The minimum Gasteiger partial charge on any atom is -0.468 e. The van der Waals surface area contributed by atoms with Crippen molar-refractivity contribution in [1.29, 1.82) is 10.7 Å². The molecule has 10 heteroatoms.